The third-order valence-corrected chi connectivity index (χ3v) is 18.6. The van der Waals surface area contributed by atoms with Gasteiger partial charge >= 0.3 is 11.9 Å². The summed E-state index contributed by atoms with van der Waals surface area (Å²) >= 11 is 0. The van der Waals surface area contributed by atoms with Crippen molar-refractivity contribution in [3.63, 3.8) is 0 Å². The van der Waals surface area contributed by atoms with Crippen molar-refractivity contribution < 1.29 is 64.8 Å². The number of likely N-dealkylation sites (N-methyl/N-ethyl adjacent to an activating group) is 4. The lowest BCUT2D eigenvalue weighted by atomic mass is 10.00. The van der Waals surface area contributed by atoms with Gasteiger partial charge in [0.1, 0.15) is 0 Å². The van der Waals surface area contributed by atoms with Crippen molar-refractivity contribution in [2.24, 2.45) is 9.98 Å². The first kappa shape index (κ1) is 66.8. The summed E-state index contributed by atoms with van der Waals surface area (Å²) in [6, 6.07) is 44.3. The Morgan fingerprint density at radius 2 is 0.844 bits per heavy atom. The van der Waals surface area contributed by atoms with Gasteiger partial charge in [0, 0.05) is 111 Å². The molecule has 2 aliphatic rings. The molecule has 2 amide bonds. The van der Waals surface area contributed by atoms with E-state index in [0.29, 0.717) is 76.1 Å². The molecule has 26 heteroatoms. The summed E-state index contributed by atoms with van der Waals surface area (Å²) in [4.78, 5) is 78.0. The van der Waals surface area contributed by atoms with Crippen LogP contribution in [0.3, 0.4) is 0 Å². The second kappa shape index (κ2) is 29.5. The number of hydrogen-bond donors (Lipinski definition) is 6. The summed E-state index contributed by atoms with van der Waals surface area (Å²) in [5, 5.41) is 23.4. The minimum Gasteiger partial charge on any atom is -0.494 e. The van der Waals surface area contributed by atoms with Crippen molar-refractivity contribution in [1.82, 2.24) is 29.6 Å². The highest BCUT2D eigenvalue weighted by Crippen LogP contribution is 2.35. The first-order valence-corrected chi connectivity index (χ1v) is 31.5. The van der Waals surface area contributed by atoms with Crippen LogP contribution in [0.25, 0.3) is 21.8 Å². The molecule has 474 valence electrons. The van der Waals surface area contributed by atoms with Crippen LogP contribution in [0.4, 0.5) is 22.7 Å². The van der Waals surface area contributed by atoms with E-state index in [4.69, 9.17) is 28.6 Å². The van der Waals surface area contributed by atoms with Crippen molar-refractivity contribution in [1.29, 1.82) is 0 Å². The number of esters is 2. The first-order valence-electron chi connectivity index (χ1n) is 28.5. The highest BCUT2D eigenvalue weighted by Gasteiger charge is 2.30. The average molecular weight is 1270 g/mol. The molecule has 0 spiro atoms. The zero-order valence-electron chi connectivity index (χ0n) is 50.8. The second-order valence-corrected chi connectivity index (χ2v) is 25.3. The largest absolute Gasteiger partial charge is 0.494 e. The molecule has 2 saturated heterocycles. The topological polar surface area (TPSA) is 312 Å². The van der Waals surface area contributed by atoms with Crippen molar-refractivity contribution >= 4 is 100.0 Å². The van der Waals surface area contributed by atoms with Crippen LogP contribution in [0.1, 0.15) is 49.9 Å². The van der Waals surface area contributed by atoms with E-state index in [1.165, 1.54) is 14.2 Å². The smallest absolute Gasteiger partial charge is 0.337 e. The molecule has 8 aromatic rings. The van der Waals surface area contributed by atoms with Crippen LogP contribution in [0, 0.1) is 0 Å². The average Bonchev–Trinajstić information content (AvgIpc) is 1.65. The maximum Gasteiger partial charge on any atom is 0.337 e. The van der Waals surface area contributed by atoms with E-state index < -0.39 is 36.8 Å². The van der Waals surface area contributed by atoms with Gasteiger partial charge in [0.2, 0.25) is 16.4 Å². The first-order chi connectivity index (χ1) is 42.8. The number of benzene rings is 6. The van der Waals surface area contributed by atoms with Crippen LogP contribution in [0.15, 0.2) is 156 Å². The molecule has 90 heavy (non-hydrogen) atoms. The zero-order valence-corrected chi connectivity index (χ0v) is 52.4. The number of ether oxygens (including phenoxy) is 2. The molecule has 0 atom stereocenters. The molecule has 0 unspecified atom stereocenters. The third-order valence-electron chi connectivity index (χ3n) is 15.4. The van der Waals surface area contributed by atoms with Crippen LogP contribution < -0.4 is 9.80 Å². The Labute approximate surface area is 521 Å². The van der Waals surface area contributed by atoms with Crippen LogP contribution in [0.2, 0.25) is 0 Å². The van der Waals surface area contributed by atoms with Crippen molar-refractivity contribution in [3.05, 3.63) is 179 Å². The Morgan fingerprint density at radius 1 is 0.511 bits per heavy atom. The summed E-state index contributed by atoms with van der Waals surface area (Å²) in [5.41, 5.74) is 8.68. The zero-order chi connectivity index (χ0) is 65.0. The van der Waals surface area contributed by atoms with Crippen molar-refractivity contribution in [2.45, 2.75) is 11.5 Å². The number of amides is 2. The molecule has 10 rings (SSSR count). The predicted molar refractivity (Wildman–Crippen MR) is 346 cm³/mol. The molecule has 24 nitrogen and oxygen atoms in total. The van der Waals surface area contributed by atoms with Crippen molar-refractivity contribution in [2.75, 3.05) is 118 Å². The summed E-state index contributed by atoms with van der Waals surface area (Å²) in [6.45, 7) is 8.83. The Balaban J connectivity index is 0.000000202. The number of carbonyl (C=O) groups is 4. The molecule has 6 N–H and O–H groups in total. The fourth-order valence-corrected chi connectivity index (χ4v) is 11.1. The molecular formula is C64H72N10O14S2. The number of nitrogens with zero attached hydrogens (tertiary/aromatic N) is 8. The van der Waals surface area contributed by atoms with E-state index in [9.17, 15) is 46.2 Å². The van der Waals surface area contributed by atoms with E-state index in [0.717, 1.165) is 85.6 Å². The molecule has 2 aliphatic heterocycles. The number of H-pyrrole nitrogens is 2. The Bertz CT molecular complexity index is 3880. The molecule has 0 aliphatic carbocycles. The lowest BCUT2D eigenvalue weighted by Crippen LogP contribution is -2.48. The van der Waals surface area contributed by atoms with E-state index in [1.54, 1.807) is 60.3 Å². The van der Waals surface area contributed by atoms with Crippen LogP contribution in [-0.4, -0.2) is 213 Å². The quantitative estimate of drug-likeness (QED) is 0.0317. The van der Waals surface area contributed by atoms with Crippen molar-refractivity contribution in [3.8, 4) is 11.8 Å². The standard InChI is InChI=1S/2C31H33N5O4.C2H6O6S2/c2*1-34-15-17-36(18-16-34)20-27(37)35(2)24-12-10-23(11-13-24)32-29(21-7-5-4-6-8-21)28-25-14-9-22(31(39)40-3)19-26(25)33-30(28)38;1-2(9(3,4)5)10(6,7)8/h2*4-14,19,33,38H,15-18,20H2,1-3H3;2H,1H3,(H,3,4,5)(H,6,7,8). The van der Waals surface area contributed by atoms with E-state index in [1.807, 2.05) is 109 Å². The second-order valence-electron chi connectivity index (χ2n) is 21.5. The third kappa shape index (κ3) is 16.8. The van der Waals surface area contributed by atoms with Gasteiger partial charge in [-0.15, -0.1) is 0 Å². The van der Waals surface area contributed by atoms with Gasteiger partial charge in [0.05, 0.1) is 72.4 Å². The number of methoxy groups -OCH3 is 2. The summed E-state index contributed by atoms with van der Waals surface area (Å²) in [7, 11) is 1.04. The van der Waals surface area contributed by atoms with Gasteiger partial charge in [-0.1, -0.05) is 72.8 Å². The van der Waals surface area contributed by atoms with Crippen LogP contribution in [-0.2, 0) is 39.3 Å². The summed E-state index contributed by atoms with van der Waals surface area (Å²) in [5.74, 6) is -0.930. The highest BCUT2D eigenvalue weighted by molar-refractivity contribution is 8.03. The highest BCUT2D eigenvalue weighted by atomic mass is 32.3. The number of aromatic nitrogens is 2. The number of fused-ring (bicyclic) bond motifs is 2. The van der Waals surface area contributed by atoms with Gasteiger partial charge in [-0.2, -0.15) is 16.8 Å². The van der Waals surface area contributed by atoms with Gasteiger partial charge in [-0.3, -0.25) is 28.5 Å². The Kier molecular flexibility index (Phi) is 21.9. The van der Waals surface area contributed by atoms with E-state index in [-0.39, 0.29) is 23.6 Å². The monoisotopic (exact) mass is 1270 g/mol. The van der Waals surface area contributed by atoms with Crippen LogP contribution >= 0.6 is 0 Å². The number of aromatic amines is 2. The van der Waals surface area contributed by atoms with Gasteiger partial charge in [-0.25, -0.2) is 19.6 Å². The molecule has 2 aromatic heterocycles. The molecule has 0 radical (unpaired) electrons. The van der Waals surface area contributed by atoms with Gasteiger partial charge in [0.25, 0.3) is 20.2 Å². The number of piperazine rings is 2. The number of nitrogens with one attached hydrogen (secondary N) is 2. The molecule has 6 aromatic carbocycles. The fourth-order valence-electron chi connectivity index (χ4n) is 9.87. The lowest BCUT2D eigenvalue weighted by Gasteiger charge is -2.32. The predicted octanol–water partition coefficient (Wildman–Crippen LogP) is 7.19. The number of carbonyl (C=O) groups excluding carboxylic acids is 4. The molecule has 0 saturated carbocycles. The minimum atomic E-state index is -4.70. The van der Waals surface area contributed by atoms with E-state index >= 15 is 0 Å². The maximum atomic E-state index is 12.9. The summed E-state index contributed by atoms with van der Waals surface area (Å²) in [6.07, 6.45) is 0. The molecule has 0 bridgehead atoms. The normalized spacial score (nSPS) is 14.7. The number of aromatic hydroxyl groups is 2. The molecule has 4 heterocycles. The number of hydrogen-bond acceptors (Lipinski definition) is 18. The van der Waals surface area contributed by atoms with Gasteiger partial charge in [-0.05, 0) is 93.8 Å². The van der Waals surface area contributed by atoms with Crippen LogP contribution in [0.5, 0.6) is 11.8 Å². The molecule has 2 fully saturated rings. The Hall–Kier alpha value is -9.12. The molecular weight excluding hydrogens is 1200 g/mol. The summed E-state index contributed by atoms with van der Waals surface area (Å²) < 4.78 is 63.6. The van der Waals surface area contributed by atoms with Gasteiger partial charge < -0.3 is 49.3 Å². The fraction of sp³-hybridized carbons (Fsp3) is 0.281. The minimum absolute atomic E-state index is 0.0424. The number of rotatable bonds is 16. The number of anilines is 2. The number of aliphatic imine (C=N–C) groups is 2. The Morgan fingerprint density at radius 3 is 1.14 bits per heavy atom. The van der Waals surface area contributed by atoms with E-state index in [2.05, 4.69) is 43.7 Å². The SMILES string of the molecule is CC(S(=O)(=O)O)S(=O)(=O)O.COC(=O)c1ccc2c(C(=Nc3ccc(N(C)C(=O)CN4CCN(C)CC4)cc3)c3ccccc3)c(O)[nH]c2c1.COC(=O)c1ccc2c(C(=Nc3ccc(N(C)C(=O)CN4CCN(C)CC4)cc3)c3ccccc3)c(O)[nH]c2c1. The lowest BCUT2D eigenvalue weighted by molar-refractivity contribution is -0.120. The van der Waals surface area contributed by atoms with Gasteiger partial charge in [0.15, 0.2) is 11.8 Å². The maximum absolute atomic E-state index is 12.9.